The molecule has 0 saturated heterocycles. The molecule has 1 amide bonds. The molecule has 0 spiro atoms. The van der Waals surface area contributed by atoms with E-state index in [-0.39, 0.29) is 17.1 Å². The van der Waals surface area contributed by atoms with Crippen LogP contribution in [0, 0.1) is 17.0 Å². The van der Waals surface area contributed by atoms with Crippen LogP contribution in [0.15, 0.2) is 28.8 Å². The van der Waals surface area contributed by atoms with Crippen LogP contribution in [-0.4, -0.2) is 27.9 Å². The summed E-state index contributed by atoms with van der Waals surface area (Å²) in [5.74, 6) is 0.115. The Morgan fingerprint density at radius 1 is 1.52 bits per heavy atom. The van der Waals surface area contributed by atoms with Gasteiger partial charge in [-0.05, 0) is 19.1 Å². The van der Waals surface area contributed by atoms with Gasteiger partial charge in [-0.15, -0.1) is 0 Å². The van der Waals surface area contributed by atoms with E-state index in [1.54, 1.807) is 13.0 Å². The van der Waals surface area contributed by atoms with Crippen molar-refractivity contribution < 1.29 is 14.2 Å². The van der Waals surface area contributed by atoms with Crippen LogP contribution in [0.1, 0.15) is 21.8 Å². The van der Waals surface area contributed by atoms with Crippen LogP contribution in [0.3, 0.4) is 0 Å². The van der Waals surface area contributed by atoms with Crippen molar-refractivity contribution >= 4 is 23.2 Å². The van der Waals surface area contributed by atoms with Crippen LogP contribution < -0.4 is 0 Å². The number of nitro benzene ring substituents is 1. The zero-order valence-electron chi connectivity index (χ0n) is 11.4. The number of carbonyl (C=O) groups is 1. The number of aromatic nitrogens is 1. The lowest BCUT2D eigenvalue weighted by Crippen LogP contribution is -2.27. The fourth-order valence-electron chi connectivity index (χ4n) is 1.89. The monoisotopic (exact) mass is 309 g/mol. The second-order valence-electron chi connectivity index (χ2n) is 4.48. The van der Waals surface area contributed by atoms with E-state index >= 15 is 0 Å². The van der Waals surface area contributed by atoms with Gasteiger partial charge in [0.2, 0.25) is 0 Å². The predicted molar refractivity (Wildman–Crippen MR) is 75.1 cm³/mol. The number of benzene rings is 1. The number of para-hydroxylation sites is 1. The van der Waals surface area contributed by atoms with E-state index in [2.05, 4.69) is 5.16 Å². The molecule has 0 fully saturated rings. The maximum absolute atomic E-state index is 12.3. The first-order valence-corrected chi connectivity index (χ1v) is 6.38. The molecular weight excluding hydrogens is 298 g/mol. The van der Waals surface area contributed by atoms with Crippen molar-refractivity contribution in [2.24, 2.45) is 0 Å². The molecule has 8 heteroatoms. The number of hydrogen-bond donors (Lipinski definition) is 0. The minimum Gasteiger partial charge on any atom is -0.361 e. The Morgan fingerprint density at radius 3 is 2.81 bits per heavy atom. The topological polar surface area (TPSA) is 89.5 Å². The molecule has 0 saturated carbocycles. The molecule has 0 N–H and O–H groups in total. The molecule has 0 radical (unpaired) electrons. The van der Waals surface area contributed by atoms with Gasteiger partial charge in [-0.2, -0.15) is 0 Å². The number of nitrogens with zero attached hydrogens (tertiary/aromatic N) is 3. The number of amides is 1. The van der Waals surface area contributed by atoms with Gasteiger partial charge in [0, 0.05) is 13.1 Å². The van der Waals surface area contributed by atoms with Crippen molar-refractivity contribution in [2.45, 2.75) is 13.5 Å². The lowest BCUT2D eigenvalue weighted by Gasteiger charge is -2.15. The Balaban J connectivity index is 2.27. The third-order valence-electron chi connectivity index (χ3n) is 2.82. The molecule has 0 unspecified atom stereocenters. The van der Waals surface area contributed by atoms with E-state index in [1.807, 2.05) is 0 Å². The number of rotatable bonds is 4. The van der Waals surface area contributed by atoms with E-state index < -0.39 is 16.5 Å². The molecule has 7 nitrogen and oxygen atoms in total. The van der Waals surface area contributed by atoms with Crippen LogP contribution in [0.4, 0.5) is 5.69 Å². The Kier molecular flexibility index (Phi) is 4.23. The standard InChI is InChI=1S/C13H12ClN3O4/c1-8-6-9(15-21-8)7-16(2)13(18)10-4-3-5-11(14)12(10)17(19)20/h3-6H,7H2,1-2H3. The fraction of sp³-hybridized carbons (Fsp3) is 0.231. The molecule has 0 bridgehead atoms. The minimum atomic E-state index is -0.663. The molecule has 0 aliphatic rings. The molecule has 21 heavy (non-hydrogen) atoms. The number of carbonyl (C=O) groups excluding carboxylic acids is 1. The molecule has 0 aliphatic heterocycles. The third-order valence-corrected chi connectivity index (χ3v) is 3.13. The number of nitro groups is 1. The fourth-order valence-corrected chi connectivity index (χ4v) is 2.13. The average Bonchev–Trinajstić information content (AvgIpc) is 2.82. The summed E-state index contributed by atoms with van der Waals surface area (Å²) in [5, 5.41) is 14.8. The number of aryl methyl sites for hydroxylation is 1. The minimum absolute atomic E-state index is 0.0600. The lowest BCUT2D eigenvalue weighted by molar-refractivity contribution is -0.385. The van der Waals surface area contributed by atoms with Gasteiger partial charge < -0.3 is 9.42 Å². The summed E-state index contributed by atoms with van der Waals surface area (Å²) in [6.45, 7) is 1.92. The van der Waals surface area contributed by atoms with Gasteiger partial charge in [0.05, 0.1) is 11.5 Å². The highest BCUT2D eigenvalue weighted by Gasteiger charge is 2.26. The Labute approximate surface area is 125 Å². The van der Waals surface area contributed by atoms with E-state index in [1.165, 1.54) is 30.1 Å². The van der Waals surface area contributed by atoms with Crippen molar-refractivity contribution in [3.8, 4) is 0 Å². The molecule has 0 aliphatic carbocycles. The van der Waals surface area contributed by atoms with Gasteiger partial charge in [-0.1, -0.05) is 22.8 Å². The van der Waals surface area contributed by atoms with Gasteiger partial charge in [-0.25, -0.2) is 0 Å². The summed E-state index contributed by atoms with van der Waals surface area (Å²) in [7, 11) is 1.52. The first kappa shape index (κ1) is 15.0. The molecule has 1 aromatic heterocycles. The van der Waals surface area contributed by atoms with Crippen molar-refractivity contribution in [1.29, 1.82) is 0 Å². The highest BCUT2D eigenvalue weighted by Crippen LogP contribution is 2.29. The first-order chi connectivity index (χ1) is 9.90. The van der Waals surface area contributed by atoms with Gasteiger partial charge in [0.1, 0.15) is 22.0 Å². The summed E-state index contributed by atoms with van der Waals surface area (Å²) >= 11 is 5.80. The Morgan fingerprint density at radius 2 is 2.24 bits per heavy atom. The van der Waals surface area contributed by atoms with Crippen LogP contribution in [-0.2, 0) is 6.54 Å². The summed E-state index contributed by atoms with van der Waals surface area (Å²) in [4.78, 5) is 24.0. The SMILES string of the molecule is Cc1cc(CN(C)C(=O)c2cccc(Cl)c2[N+](=O)[O-])no1. The molecule has 110 valence electrons. The van der Waals surface area contributed by atoms with E-state index in [0.29, 0.717) is 11.5 Å². The maximum atomic E-state index is 12.3. The highest BCUT2D eigenvalue weighted by atomic mass is 35.5. The number of halogens is 1. The van der Waals surface area contributed by atoms with Crippen molar-refractivity contribution in [3.63, 3.8) is 0 Å². The van der Waals surface area contributed by atoms with Gasteiger partial charge in [0.25, 0.3) is 5.91 Å². The smallest absolute Gasteiger partial charge is 0.300 e. The molecule has 1 heterocycles. The van der Waals surface area contributed by atoms with Gasteiger partial charge in [-0.3, -0.25) is 14.9 Å². The Hall–Kier alpha value is -2.41. The van der Waals surface area contributed by atoms with Gasteiger partial charge in [0.15, 0.2) is 0 Å². The van der Waals surface area contributed by atoms with Crippen molar-refractivity contribution in [3.05, 3.63) is 56.4 Å². The van der Waals surface area contributed by atoms with E-state index in [0.717, 1.165) is 0 Å². The summed E-state index contributed by atoms with van der Waals surface area (Å²) < 4.78 is 4.91. The van der Waals surface area contributed by atoms with Crippen LogP contribution in [0.2, 0.25) is 5.02 Å². The normalized spacial score (nSPS) is 10.4. The molecular formula is C13H12ClN3O4. The van der Waals surface area contributed by atoms with E-state index in [9.17, 15) is 14.9 Å². The summed E-state index contributed by atoms with van der Waals surface area (Å²) in [6.07, 6.45) is 0. The quantitative estimate of drug-likeness (QED) is 0.640. The Bertz CT molecular complexity index is 698. The van der Waals surface area contributed by atoms with Crippen molar-refractivity contribution in [1.82, 2.24) is 10.1 Å². The van der Waals surface area contributed by atoms with E-state index in [4.69, 9.17) is 16.1 Å². The number of hydrogen-bond acceptors (Lipinski definition) is 5. The highest BCUT2D eigenvalue weighted by molar-refractivity contribution is 6.33. The summed E-state index contributed by atoms with van der Waals surface area (Å²) in [6, 6.07) is 5.93. The molecule has 1 aromatic carbocycles. The third kappa shape index (κ3) is 3.19. The molecule has 2 rings (SSSR count). The lowest BCUT2D eigenvalue weighted by atomic mass is 10.1. The van der Waals surface area contributed by atoms with Crippen LogP contribution in [0.25, 0.3) is 0 Å². The second kappa shape index (κ2) is 5.92. The van der Waals surface area contributed by atoms with Crippen molar-refractivity contribution in [2.75, 3.05) is 7.05 Å². The average molecular weight is 310 g/mol. The first-order valence-electron chi connectivity index (χ1n) is 6.00. The van der Waals surface area contributed by atoms with Crippen LogP contribution >= 0.6 is 11.6 Å². The predicted octanol–water partition coefficient (Wildman–Crippen LogP) is 2.82. The second-order valence-corrected chi connectivity index (χ2v) is 4.89. The maximum Gasteiger partial charge on any atom is 0.300 e. The molecule has 0 atom stereocenters. The zero-order valence-corrected chi connectivity index (χ0v) is 12.1. The largest absolute Gasteiger partial charge is 0.361 e. The van der Waals surface area contributed by atoms with Crippen LogP contribution in [0.5, 0.6) is 0 Å². The molecule has 2 aromatic rings. The van der Waals surface area contributed by atoms with Gasteiger partial charge >= 0.3 is 5.69 Å². The summed E-state index contributed by atoms with van der Waals surface area (Å²) in [5.41, 5.74) is 0.107. The zero-order chi connectivity index (χ0) is 15.6.